The van der Waals surface area contributed by atoms with Crippen LogP contribution in [0.15, 0.2) is 57.2 Å². The van der Waals surface area contributed by atoms with Crippen molar-refractivity contribution in [1.82, 2.24) is 9.55 Å². The minimum absolute atomic E-state index is 0.0227. The van der Waals surface area contributed by atoms with Gasteiger partial charge in [0.15, 0.2) is 5.13 Å². The molecule has 1 amide bonds. The Morgan fingerprint density at radius 3 is 2.83 bits per heavy atom. The largest absolute Gasteiger partial charge is 0.376 e. The number of carbonyl (C=O) groups excluding carboxylic acids is 1. The van der Waals surface area contributed by atoms with Gasteiger partial charge in [-0.2, -0.15) is 0 Å². The maximum absolute atomic E-state index is 13.3. The van der Waals surface area contributed by atoms with E-state index < -0.39 is 0 Å². The van der Waals surface area contributed by atoms with Gasteiger partial charge in [-0.3, -0.25) is 14.5 Å². The Morgan fingerprint density at radius 1 is 1.34 bits per heavy atom. The highest BCUT2D eigenvalue weighted by Crippen LogP contribution is 2.30. The molecule has 0 bridgehead atoms. The number of nitrogens with zero attached hydrogens (tertiary/aromatic N) is 3. The number of anilines is 1. The number of aryl methyl sites for hydroxylation is 1. The summed E-state index contributed by atoms with van der Waals surface area (Å²) in [5, 5.41) is 2.54. The molecule has 150 valence electrons. The number of benzene rings is 1. The topological polar surface area (TPSA) is 64.4 Å². The lowest BCUT2D eigenvalue weighted by atomic mass is 10.2. The molecule has 1 fully saturated rings. The van der Waals surface area contributed by atoms with Crippen molar-refractivity contribution in [2.45, 2.75) is 18.9 Å². The molecule has 6 nitrogen and oxygen atoms in total. The first-order valence-electron chi connectivity index (χ1n) is 9.33. The van der Waals surface area contributed by atoms with Crippen LogP contribution in [-0.4, -0.2) is 34.7 Å². The van der Waals surface area contributed by atoms with E-state index in [4.69, 9.17) is 9.72 Å². The van der Waals surface area contributed by atoms with Crippen molar-refractivity contribution in [3.05, 3.63) is 68.4 Å². The number of ether oxygens (including phenoxy) is 1. The Bertz CT molecular complexity index is 1070. The molecule has 0 aliphatic carbocycles. The number of aromatic nitrogens is 2. The number of halogens is 1. The van der Waals surface area contributed by atoms with Gasteiger partial charge in [0.2, 0.25) is 0 Å². The zero-order chi connectivity index (χ0) is 20.4. The summed E-state index contributed by atoms with van der Waals surface area (Å²) in [4.78, 5) is 31.6. The highest BCUT2D eigenvalue weighted by molar-refractivity contribution is 9.10. The predicted molar refractivity (Wildman–Crippen MR) is 118 cm³/mol. The molecule has 4 rings (SSSR count). The Hall–Kier alpha value is -2.29. The molecule has 0 spiro atoms. The van der Waals surface area contributed by atoms with Crippen molar-refractivity contribution in [1.29, 1.82) is 0 Å². The van der Waals surface area contributed by atoms with E-state index in [1.54, 1.807) is 24.2 Å². The second kappa shape index (κ2) is 8.61. The third kappa shape index (κ3) is 4.49. The van der Waals surface area contributed by atoms with Gasteiger partial charge in [0.05, 0.1) is 18.3 Å². The molecule has 0 saturated carbocycles. The van der Waals surface area contributed by atoms with E-state index in [1.807, 2.05) is 29.6 Å². The van der Waals surface area contributed by atoms with Crippen LogP contribution < -0.4 is 10.5 Å². The molecule has 0 unspecified atom stereocenters. The van der Waals surface area contributed by atoms with Crippen molar-refractivity contribution in [3.63, 3.8) is 0 Å². The van der Waals surface area contributed by atoms with Gasteiger partial charge >= 0.3 is 0 Å². The molecule has 1 aromatic carbocycles. The van der Waals surface area contributed by atoms with Gasteiger partial charge in [0.1, 0.15) is 0 Å². The average molecular weight is 474 g/mol. The Morgan fingerprint density at radius 2 is 2.14 bits per heavy atom. The number of rotatable bonds is 5. The van der Waals surface area contributed by atoms with Crippen LogP contribution in [0.2, 0.25) is 0 Å². The van der Waals surface area contributed by atoms with Crippen LogP contribution in [0, 0.1) is 0 Å². The van der Waals surface area contributed by atoms with E-state index in [2.05, 4.69) is 15.9 Å². The summed E-state index contributed by atoms with van der Waals surface area (Å²) < 4.78 is 8.19. The molecule has 2 aromatic heterocycles. The van der Waals surface area contributed by atoms with Gasteiger partial charge in [-0.15, -0.1) is 11.3 Å². The summed E-state index contributed by atoms with van der Waals surface area (Å²) in [6.45, 7) is 1.13. The summed E-state index contributed by atoms with van der Waals surface area (Å²) in [5.74, 6) is -0.241. The normalized spacial score (nSPS) is 16.1. The molecule has 29 heavy (non-hydrogen) atoms. The number of hydrogen-bond acceptors (Lipinski definition) is 5. The van der Waals surface area contributed by atoms with Crippen LogP contribution in [0.3, 0.4) is 0 Å². The van der Waals surface area contributed by atoms with Crippen LogP contribution >= 0.6 is 27.3 Å². The smallest absolute Gasteiger partial charge is 0.260 e. The standard InChI is InChI=1S/C21H20BrN3O3S/c1-24-9-8-15(11-19(24)26)20(27)25(12-17-3-2-10-28-17)21-23-18(13-29-21)14-4-6-16(22)7-5-14/h4-9,11,13,17H,2-3,10,12H2,1H3/t17-/m1/s1. The quantitative estimate of drug-likeness (QED) is 0.559. The molecule has 1 atom stereocenters. The summed E-state index contributed by atoms with van der Waals surface area (Å²) >= 11 is 4.85. The van der Waals surface area contributed by atoms with Crippen LogP contribution in [0.1, 0.15) is 23.2 Å². The average Bonchev–Trinajstić information content (AvgIpc) is 3.40. The molecule has 1 aliphatic rings. The van der Waals surface area contributed by atoms with E-state index in [0.29, 0.717) is 23.8 Å². The third-order valence-electron chi connectivity index (χ3n) is 4.87. The van der Waals surface area contributed by atoms with Gasteiger partial charge in [0, 0.05) is 46.9 Å². The van der Waals surface area contributed by atoms with Crippen molar-refractivity contribution >= 4 is 38.3 Å². The first-order valence-corrected chi connectivity index (χ1v) is 11.0. The monoisotopic (exact) mass is 473 g/mol. The fourth-order valence-electron chi connectivity index (χ4n) is 3.22. The predicted octanol–water partition coefficient (Wildman–Crippen LogP) is 4.10. The zero-order valence-corrected chi connectivity index (χ0v) is 18.3. The molecule has 3 aromatic rings. The molecular formula is C21H20BrN3O3S. The summed E-state index contributed by atoms with van der Waals surface area (Å²) in [5.41, 5.74) is 1.93. The lowest BCUT2D eigenvalue weighted by Crippen LogP contribution is -2.38. The third-order valence-corrected chi connectivity index (χ3v) is 6.26. The van der Waals surface area contributed by atoms with Crippen molar-refractivity contribution in [3.8, 4) is 11.3 Å². The number of carbonyl (C=O) groups is 1. The Balaban J connectivity index is 1.66. The van der Waals surface area contributed by atoms with E-state index in [-0.39, 0.29) is 17.6 Å². The van der Waals surface area contributed by atoms with Crippen LogP contribution in [-0.2, 0) is 11.8 Å². The van der Waals surface area contributed by atoms with Crippen molar-refractivity contribution in [2.75, 3.05) is 18.1 Å². The van der Waals surface area contributed by atoms with Gasteiger partial charge in [-0.25, -0.2) is 4.98 Å². The fourth-order valence-corrected chi connectivity index (χ4v) is 4.32. The van der Waals surface area contributed by atoms with Gasteiger partial charge < -0.3 is 9.30 Å². The lowest BCUT2D eigenvalue weighted by Gasteiger charge is -2.23. The number of thiazole rings is 1. The maximum atomic E-state index is 13.3. The highest BCUT2D eigenvalue weighted by atomic mass is 79.9. The Kier molecular flexibility index (Phi) is 5.94. The molecule has 0 N–H and O–H groups in total. The summed E-state index contributed by atoms with van der Waals surface area (Å²) in [7, 11) is 1.66. The summed E-state index contributed by atoms with van der Waals surface area (Å²) in [6.07, 6.45) is 3.48. The second-order valence-electron chi connectivity index (χ2n) is 6.94. The van der Waals surface area contributed by atoms with E-state index in [1.165, 1.54) is 22.0 Å². The molecule has 1 saturated heterocycles. The second-order valence-corrected chi connectivity index (χ2v) is 8.69. The number of amides is 1. The van der Waals surface area contributed by atoms with Crippen molar-refractivity contribution in [2.24, 2.45) is 7.05 Å². The van der Waals surface area contributed by atoms with E-state index >= 15 is 0 Å². The highest BCUT2D eigenvalue weighted by Gasteiger charge is 2.27. The van der Waals surface area contributed by atoms with Gasteiger partial charge in [0.25, 0.3) is 11.5 Å². The van der Waals surface area contributed by atoms with Crippen LogP contribution in [0.5, 0.6) is 0 Å². The minimum Gasteiger partial charge on any atom is -0.376 e. The summed E-state index contributed by atoms with van der Waals surface area (Å²) in [6, 6.07) is 10.9. The first-order chi connectivity index (χ1) is 14.0. The lowest BCUT2D eigenvalue weighted by molar-refractivity contribution is 0.0917. The van der Waals surface area contributed by atoms with Crippen LogP contribution in [0.25, 0.3) is 11.3 Å². The van der Waals surface area contributed by atoms with Crippen molar-refractivity contribution < 1.29 is 9.53 Å². The molecule has 1 aliphatic heterocycles. The van der Waals surface area contributed by atoms with Gasteiger partial charge in [-0.05, 0) is 31.0 Å². The first kappa shape index (κ1) is 20.0. The van der Waals surface area contributed by atoms with Crippen LogP contribution in [0.4, 0.5) is 5.13 Å². The molecule has 0 radical (unpaired) electrons. The minimum atomic E-state index is -0.241. The van der Waals surface area contributed by atoms with Gasteiger partial charge in [-0.1, -0.05) is 28.1 Å². The molecular weight excluding hydrogens is 454 g/mol. The molecule has 3 heterocycles. The fraction of sp³-hybridized carbons (Fsp3) is 0.286. The van der Waals surface area contributed by atoms with E-state index in [0.717, 1.165) is 28.6 Å². The molecule has 8 heteroatoms. The maximum Gasteiger partial charge on any atom is 0.260 e. The Labute approximate surface area is 180 Å². The van der Waals surface area contributed by atoms with E-state index in [9.17, 15) is 9.59 Å². The zero-order valence-electron chi connectivity index (χ0n) is 15.9. The SMILES string of the molecule is Cn1ccc(C(=O)N(C[C@H]2CCCO2)c2nc(-c3ccc(Br)cc3)cs2)cc1=O. The number of pyridine rings is 1. The number of hydrogen-bond donors (Lipinski definition) is 0.